The molecule has 0 saturated carbocycles. The predicted octanol–water partition coefficient (Wildman–Crippen LogP) is 4.07. The third-order valence-corrected chi connectivity index (χ3v) is 3.34. The van der Waals surface area contributed by atoms with Gasteiger partial charge in [-0.3, -0.25) is 9.78 Å². The monoisotopic (exact) mass is 318 g/mol. The van der Waals surface area contributed by atoms with Crippen molar-refractivity contribution < 1.29 is 18.0 Å². The summed E-state index contributed by atoms with van der Waals surface area (Å²) in [5.41, 5.74) is 0.700. The number of alkyl halides is 3. The summed E-state index contributed by atoms with van der Waals surface area (Å²) in [4.78, 5) is 16.6. The van der Waals surface area contributed by atoms with E-state index in [4.69, 9.17) is 0 Å². The summed E-state index contributed by atoms with van der Waals surface area (Å²) in [7, 11) is 0. The number of halogens is 3. The molecule has 1 atom stereocenters. The van der Waals surface area contributed by atoms with E-state index in [2.05, 4.69) is 4.98 Å². The molecule has 2 rings (SSSR count). The van der Waals surface area contributed by atoms with Crippen molar-refractivity contribution in [2.24, 2.45) is 0 Å². The average Bonchev–Trinajstić information content (AvgIpc) is 2.54. The van der Waals surface area contributed by atoms with Crippen molar-refractivity contribution in [2.75, 3.05) is 0 Å². The summed E-state index contributed by atoms with van der Waals surface area (Å²) >= 11 is 0. The van der Waals surface area contributed by atoms with Crippen LogP contribution in [0.5, 0.6) is 0 Å². The number of benzene rings is 1. The Morgan fingerprint density at radius 3 is 2.48 bits per heavy atom. The Hall–Kier alpha value is -2.68. The highest BCUT2D eigenvalue weighted by Crippen LogP contribution is 2.26. The topological polar surface area (TPSA) is 53.8 Å². The van der Waals surface area contributed by atoms with E-state index in [0.29, 0.717) is 0 Å². The van der Waals surface area contributed by atoms with Crippen LogP contribution in [0.3, 0.4) is 0 Å². The van der Waals surface area contributed by atoms with E-state index < -0.39 is 24.3 Å². The van der Waals surface area contributed by atoms with Gasteiger partial charge in [-0.2, -0.15) is 18.4 Å². The second-order valence-electron chi connectivity index (χ2n) is 4.95. The maximum atomic E-state index is 12.6. The molecule has 0 fully saturated rings. The predicted molar refractivity (Wildman–Crippen MR) is 77.7 cm³/mol. The molecule has 1 heterocycles. The lowest BCUT2D eigenvalue weighted by molar-refractivity contribution is -0.134. The standard InChI is InChI=1S/C17H13F3N2O/c18-17(19,20)9-8-12-5-1-2-6-13(12)16(23)14(11-21)15-7-3-4-10-22-15/h1-7,10,14H,8-9H2. The van der Waals surface area contributed by atoms with E-state index in [1.165, 1.54) is 18.3 Å². The maximum Gasteiger partial charge on any atom is 0.389 e. The maximum absolute atomic E-state index is 12.6. The molecule has 0 bridgehead atoms. The normalized spacial score (nSPS) is 12.4. The lowest BCUT2D eigenvalue weighted by atomic mass is 9.91. The van der Waals surface area contributed by atoms with Crippen LogP contribution in [-0.2, 0) is 6.42 Å². The number of aryl methyl sites for hydroxylation is 1. The van der Waals surface area contributed by atoms with Gasteiger partial charge in [0.05, 0.1) is 11.8 Å². The fourth-order valence-corrected chi connectivity index (χ4v) is 2.22. The second kappa shape index (κ2) is 7.05. The van der Waals surface area contributed by atoms with Crippen LogP contribution in [0.4, 0.5) is 13.2 Å². The summed E-state index contributed by atoms with van der Waals surface area (Å²) < 4.78 is 37.2. The van der Waals surface area contributed by atoms with Crippen LogP contribution in [0.25, 0.3) is 0 Å². The average molecular weight is 318 g/mol. The second-order valence-corrected chi connectivity index (χ2v) is 4.95. The van der Waals surface area contributed by atoms with Gasteiger partial charge in [-0.1, -0.05) is 30.3 Å². The first-order valence-corrected chi connectivity index (χ1v) is 6.92. The molecule has 6 heteroatoms. The van der Waals surface area contributed by atoms with Gasteiger partial charge in [0.15, 0.2) is 11.7 Å². The minimum atomic E-state index is -4.30. The third kappa shape index (κ3) is 4.39. The number of carbonyl (C=O) groups excluding carboxylic acids is 1. The fraction of sp³-hybridized carbons (Fsp3) is 0.235. The van der Waals surface area contributed by atoms with Gasteiger partial charge < -0.3 is 0 Å². The number of hydrogen-bond donors (Lipinski definition) is 0. The number of nitrogens with zero attached hydrogens (tertiary/aromatic N) is 2. The van der Waals surface area contributed by atoms with Crippen molar-refractivity contribution in [1.82, 2.24) is 4.98 Å². The van der Waals surface area contributed by atoms with E-state index in [9.17, 15) is 23.2 Å². The van der Waals surface area contributed by atoms with Crippen LogP contribution in [0.15, 0.2) is 48.7 Å². The molecule has 1 aromatic heterocycles. The van der Waals surface area contributed by atoms with Crippen molar-refractivity contribution in [2.45, 2.75) is 24.9 Å². The van der Waals surface area contributed by atoms with E-state index >= 15 is 0 Å². The number of pyridine rings is 1. The van der Waals surface area contributed by atoms with Crippen LogP contribution < -0.4 is 0 Å². The van der Waals surface area contributed by atoms with Gasteiger partial charge in [-0.25, -0.2) is 0 Å². The largest absolute Gasteiger partial charge is 0.389 e. The molecule has 1 aromatic carbocycles. The summed E-state index contributed by atoms with van der Waals surface area (Å²) in [6.45, 7) is 0. The van der Waals surface area contributed by atoms with Crippen LogP contribution in [0.2, 0.25) is 0 Å². The molecule has 0 saturated heterocycles. The zero-order valence-corrected chi connectivity index (χ0v) is 12.0. The van der Waals surface area contributed by atoms with Gasteiger partial charge in [0.25, 0.3) is 0 Å². The van der Waals surface area contributed by atoms with Crippen molar-refractivity contribution in [1.29, 1.82) is 5.26 Å². The molecule has 0 radical (unpaired) electrons. The smallest absolute Gasteiger partial charge is 0.292 e. The molecule has 0 amide bonds. The molecule has 3 nitrogen and oxygen atoms in total. The van der Waals surface area contributed by atoms with Gasteiger partial charge in [-0.05, 0) is 24.1 Å². The molecule has 0 aliphatic heterocycles. The first-order valence-electron chi connectivity index (χ1n) is 6.92. The highest BCUT2D eigenvalue weighted by Gasteiger charge is 2.29. The first kappa shape index (κ1) is 16.7. The molecular weight excluding hydrogens is 305 g/mol. The SMILES string of the molecule is N#CC(C(=O)c1ccccc1CCC(F)(F)F)c1ccccn1. The molecule has 0 spiro atoms. The van der Waals surface area contributed by atoms with Gasteiger partial charge in [0, 0.05) is 18.2 Å². The zero-order chi connectivity index (χ0) is 16.9. The Bertz CT molecular complexity index is 721. The molecular formula is C17H13F3N2O. The molecule has 0 N–H and O–H groups in total. The Labute approximate surface area is 131 Å². The number of nitriles is 1. The molecule has 23 heavy (non-hydrogen) atoms. The number of carbonyl (C=O) groups is 1. The Kier molecular flexibility index (Phi) is 5.12. The molecule has 0 aliphatic rings. The van der Waals surface area contributed by atoms with Gasteiger partial charge >= 0.3 is 6.18 Å². The minimum Gasteiger partial charge on any atom is -0.292 e. The van der Waals surface area contributed by atoms with Crippen LogP contribution in [0, 0.1) is 11.3 Å². The molecule has 118 valence electrons. The number of hydrogen-bond acceptors (Lipinski definition) is 3. The van der Waals surface area contributed by atoms with Gasteiger partial charge in [0.2, 0.25) is 0 Å². The quantitative estimate of drug-likeness (QED) is 0.781. The molecule has 2 aromatic rings. The minimum absolute atomic E-state index is 0.133. The van der Waals surface area contributed by atoms with Crippen LogP contribution in [0.1, 0.15) is 34.0 Å². The highest BCUT2D eigenvalue weighted by molar-refractivity contribution is 6.03. The van der Waals surface area contributed by atoms with Crippen LogP contribution >= 0.6 is 0 Å². The molecule has 0 aliphatic carbocycles. The zero-order valence-electron chi connectivity index (χ0n) is 12.0. The number of Topliss-reactive ketones (excluding diaryl/α,β-unsaturated/α-hetero) is 1. The van der Waals surface area contributed by atoms with Crippen molar-refractivity contribution in [3.05, 3.63) is 65.5 Å². The van der Waals surface area contributed by atoms with Crippen molar-refractivity contribution in [3.8, 4) is 6.07 Å². The van der Waals surface area contributed by atoms with E-state index in [-0.39, 0.29) is 23.2 Å². The summed E-state index contributed by atoms with van der Waals surface area (Å²) in [6, 6.07) is 12.8. The van der Waals surface area contributed by atoms with E-state index in [1.807, 2.05) is 6.07 Å². The van der Waals surface area contributed by atoms with E-state index in [0.717, 1.165) is 0 Å². The lowest BCUT2D eigenvalue weighted by Gasteiger charge is -2.13. The fourth-order valence-electron chi connectivity index (χ4n) is 2.22. The lowest BCUT2D eigenvalue weighted by Crippen LogP contribution is -2.16. The number of aromatic nitrogens is 1. The van der Waals surface area contributed by atoms with Gasteiger partial charge in [0.1, 0.15) is 0 Å². The van der Waals surface area contributed by atoms with E-state index in [1.54, 1.807) is 30.3 Å². The van der Waals surface area contributed by atoms with Crippen molar-refractivity contribution >= 4 is 5.78 Å². The molecule has 1 unspecified atom stereocenters. The van der Waals surface area contributed by atoms with Crippen molar-refractivity contribution in [3.63, 3.8) is 0 Å². The number of ketones is 1. The first-order chi connectivity index (χ1) is 10.9. The Balaban J connectivity index is 2.30. The highest BCUT2D eigenvalue weighted by atomic mass is 19.4. The summed E-state index contributed by atoms with van der Waals surface area (Å²) in [5.74, 6) is -1.67. The van der Waals surface area contributed by atoms with Gasteiger partial charge in [-0.15, -0.1) is 0 Å². The third-order valence-electron chi connectivity index (χ3n) is 3.34. The Morgan fingerprint density at radius 1 is 1.17 bits per heavy atom. The summed E-state index contributed by atoms with van der Waals surface area (Å²) in [6.07, 6.45) is -4.15. The summed E-state index contributed by atoms with van der Waals surface area (Å²) in [5, 5.41) is 9.27. The number of rotatable bonds is 5. The Morgan fingerprint density at radius 2 is 1.87 bits per heavy atom. The van der Waals surface area contributed by atoms with Crippen LogP contribution in [-0.4, -0.2) is 16.9 Å².